The van der Waals surface area contributed by atoms with Crippen molar-refractivity contribution in [2.75, 3.05) is 19.6 Å². The van der Waals surface area contributed by atoms with Crippen molar-refractivity contribution in [1.82, 2.24) is 10.2 Å². The number of nitrogens with zero attached hydrogens (tertiary/aromatic N) is 1. The Bertz CT molecular complexity index is 291. The quantitative estimate of drug-likeness (QED) is 0.789. The van der Waals surface area contributed by atoms with E-state index in [0.29, 0.717) is 6.04 Å². The fraction of sp³-hybridized carbons (Fsp3) is 0.714. The summed E-state index contributed by atoms with van der Waals surface area (Å²) >= 11 is 0. The van der Waals surface area contributed by atoms with Crippen LogP contribution in [0.15, 0.2) is 22.8 Å². The Kier molecular flexibility index (Phi) is 5.08. The Morgan fingerprint density at radius 2 is 2.47 bits per heavy atom. The number of hydrogen-bond acceptors (Lipinski definition) is 3. The molecule has 0 radical (unpaired) electrons. The van der Waals surface area contributed by atoms with Gasteiger partial charge in [0, 0.05) is 12.6 Å². The number of nitrogens with one attached hydrogen (secondary N) is 1. The monoisotopic (exact) mass is 236 g/mol. The van der Waals surface area contributed by atoms with Gasteiger partial charge >= 0.3 is 0 Å². The van der Waals surface area contributed by atoms with Crippen molar-refractivity contribution in [1.29, 1.82) is 0 Å². The van der Waals surface area contributed by atoms with Crippen molar-refractivity contribution in [2.45, 2.75) is 45.2 Å². The lowest BCUT2D eigenvalue weighted by atomic mass is 10.2. The van der Waals surface area contributed by atoms with Gasteiger partial charge in [-0.15, -0.1) is 0 Å². The lowest BCUT2D eigenvalue weighted by molar-refractivity contribution is 0.220. The van der Waals surface area contributed by atoms with Gasteiger partial charge in [0.2, 0.25) is 0 Å². The van der Waals surface area contributed by atoms with Gasteiger partial charge < -0.3 is 9.73 Å². The minimum Gasteiger partial charge on any atom is -0.468 e. The Hall–Kier alpha value is -0.800. The fourth-order valence-electron chi connectivity index (χ4n) is 2.46. The number of rotatable bonds is 7. The first-order valence-electron chi connectivity index (χ1n) is 6.86. The summed E-state index contributed by atoms with van der Waals surface area (Å²) in [4.78, 5) is 2.52. The molecule has 3 heteroatoms. The largest absolute Gasteiger partial charge is 0.468 e. The van der Waals surface area contributed by atoms with Crippen molar-refractivity contribution < 1.29 is 4.42 Å². The van der Waals surface area contributed by atoms with Crippen molar-refractivity contribution in [2.24, 2.45) is 0 Å². The molecule has 1 N–H and O–H groups in total. The Labute approximate surface area is 104 Å². The highest BCUT2D eigenvalue weighted by molar-refractivity contribution is 4.98. The van der Waals surface area contributed by atoms with Gasteiger partial charge in [0.1, 0.15) is 5.76 Å². The molecule has 1 atom stereocenters. The molecule has 3 nitrogen and oxygen atoms in total. The summed E-state index contributed by atoms with van der Waals surface area (Å²) in [6.07, 6.45) is 6.94. The lowest BCUT2D eigenvalue weighted by Crippen LogP contribution is -2.37. The number of hydrogen-bond donors (Lipinski definition) is 1. The maximum atomic E-state index is 5.45. The van der Waals surface area contributed by atoms with Gasteiger partial charge in [-0.2, -0.15) is 0 Å². The summed E-state index contributed by atoms with van der Waals surface area (Å²) in [5.41, 5.74) is 0. The van der Waals surface area contributed by atoms with Crippen LogP contribution >= 0.6 is 0 Å². The van der Waals surface area contributed by atoms with E-state index in [1.807, 2.05) is 6.07 Å². The normalized spacial score (nSPS) is 20.2. The average Bonchev–Trinajstić information content (AvgIpc) is 2.99. The van der Waals surface area contributed by atoms with E-state index in [-0.39, 0.29) is 0 Å². The summed E-state index contributed by atoms with van der Waals surface area (Å²) in [5.74, 6) is 1.08. The average molecular weight is 236 g/mol. The van der Waals surface area contributed by atoms with Crippen LogP contribution < -0.4 is 5.32 Å². The molecule has 96 valence electrons. The van der Waals surface area contributed by atoms with Crippen LogP contribution in [0, 0.1) is 0 Å². The lowest BCUT2D eigenvalue weighted by Gasteiger charge is -2.24. The molecule has 0 saturated carbocycles. The van der Waals surface area contributed by atoms with Gasteiger partial charge in [0.05, 0.1) is 12.8 Å². The van der Waals surface area contributed by atoms with Crippen molar-refractivity contribution in [3.05, 3.63) is 24.2 Å². The van der Waals surface area contributed by atoms with Gasteiger partial charge in [-0.1, -0.05) is 13.3 Å². The fourth-order valence-corrected chi connectivity index (χ4v) is 2.46. The maximum Gasteiger partial charge on any atom is 0.117 e. The standard InChI is InChI=1S/C14H24N2O/c1-2-3-9-16(11-13-6-4-8-15-13)12-14-7-5-10-17-14/h5,7,10,13,15H,2-4,6,8-9,11-12H2,1H3/t13-/m1/s1. The summed E-state index contributed by atoms with van der Waals surface area (Å²) in [6.45, 7) is 6.72. The van der Waals surface area contributed by atoms with Crippen LogP contribution in [0.5, 0.6) is 0 Å². The highest BCUT2D eigenvalue weighted by atomic mass is 16.3. The first-order chi connectivity index (χ1) is 8.38. The summed E-state index contributed by atoms with van der Waals surface area (Å²) in [5, 5.41) is 3.57. The second kappa shape index (κ2) is 6.82. The van der Waals surface area contributed by atoms with E-state index < -0.39 is 0 Å². The Morgan fingerprint density at radius 3 is 3.12 bits per heavy atom. The van der Waals surface area contributed by atoms with Crippen LogP contribution in [0.2, 0.25) is 0 Å². The first kappa shape index (κ1) is 12.7. The van der Waals surface area contributed by atoms with Crippen LogP contribution in [-0.4, -0.2) is 30.6 Å². The molecule has 1 fully saturated rings. The van der Waals surface area contributed by atoms with Crippen LogP contribution in [0.25, 0.3) is 0 Å². The third-order valence-corrected chi connectivity index (χ3v) is 3.43. The Balaban J connectivity index is 1.83. The van der Waals surface area contributed by atoms with E-state index in [9.17, 15) is 0 Å². The SMILES string of the molecule is CCCCN(Cc1ccco1)C[C@H]1CCCN1. The second-order valence-electron chi connectivity index (χ2n) is 4.96. The van der Waals surface area contributed by atoms with Crippen molar-refractivity contribution in [3.8, 4) is 0 Å². The molecular weight excluding hydrogens is 212 g/mol. The first-order valence-corrected chi connectivity index (χ1v) is 6.86. The van der Waals surface area contributed by atoms with Gasteiger partial charge in [-0.25, -0.2) is 0 Å². The van der Waals surface area contributed by atoms with Crippen LogP contribution in [-0.2, 0) is 6.54 Å². The third kappa shape index (κ3) is 4.17. The summed E-state index contributed by atoms with van der Waals surface area (Å²) in [6, 6.07) is 4.73. The van der Waals surface area contributed by atoms with Crippen LogP contribution in [0.3, 0.4) is 0 Å². The van der Waals surface area contributed by atoms with E-state index in [2.05, 4.69) is 23.2 Å². The van der Waals surface area contributed by atoms with Crippen LogP contribution in [0.1, 0.15) is 38.4 Å². The second-order valence-corrected chi connectivity index (χ2v) is 4.96. The van der Waals surface area contributed by atoms with E-state index in [4.69, 9.17) is 4.42 Å². The minimum atomic E-state index is 0.682. The smallest absolute Gasteiger partial charge is 0.117 e. The molecule has 1 aliphatic heterocycles. The predicted octanol–water partition coefficient (Wildman–Crippen LogP) is 2.63. The minimum absolute atomic E-state index is 0.682. The Morgan fingerprint density at radius 1 is 1.53 bits per heavy atom. The highest BCUT2D eigenvalue weighted by Gasteiger charge is 2.18. The molecule has 1 aromatic rings. The number of furan rings is 1. The molecule has 0 aromatic carbocycles. The zero-order valence-electron chi connectivity index (χ0n) is 10.8. The molecule has 1 aromatic heterocycles. The molecule has 0 aliphatic carbocycles. The summed E-state index contributed by atoms with van der Waals surface area (Å²) < 4.78 is 5.45. The maximum absolute atomic E-state index is 5.45. The van der Waals surface area contributed by atoms with E-state index in [1.165, 1.54) is 38.8 Å². The molecule has 0 amide bonds. The van der Waals surface area contributed by atoms with Gasteiger partial charge in [-0.3, -0.25) is 4.90 Å². The molecule has 2 heterocycles. The van der Waals surface area contributed by atoms with Gasteiger partial charge in [0.25, 0.3) is 0 Å². The molecule has 0 unspecified atom stereocenters. The molecule has 1 aliphatic rings. The zero-order valence-corrected chi connectivity index (χ0v) is 10.8. The molecule has 2 rings (SSSR count). The van der Waals surface area contributed by atoms with Crippen molar-refractivity contribution in [3.63, 3.8) is 0 Å². The molecule has 17 heavy (non-hydrogen) atoms. The number of unbranched alkanes of at least 4 members (excludes halogenated alkanes) is 1. The molecule has 1 saturated heterocycles. The third-order valence-electron chi connectivity index (χ3n) is 3.43. The predicted molar refractivity (Wildman–Crippen MR) is 69.9 cm³/mol. The zero-order chi connectivity index (χ0) is 11.9. The topological polar surface area (TPSA) is 28.4 Å². The van der Waals surface area contributed by atoms with Gasteiger partial charge in [0.15, 0.2) is 0 Å². The van der Waals surface area contributed by atoms with Gasteiger partial charge in [-0.05, 0) is 44.5 Å². The molecular formula is C14H24N2O. The molecule has 0 bridgehead atoms. The van der Waals surface area contributed by atoms with E-state index >= 15 is 0 Å². The molecule has 0 spiro atoms. The summed E-state index contributed by atoms with van der Waals surface area (Å²) in [7, 11) is 0. The van der Waals surface area contributed by atoms with Crippen LogP contribution in [0.4, 0.5) is 0 Å². The van der Waals surface area contributed by atoms with Crippen molar-refractivity contribution >= 4 is 0 Å². The van der Waals surface area contributed by atoms with E-state index in [1.54, 1.807) is 6.26 Å². The highest BCUT2D eigenvalue weighted by Crippen LogP contribution is 2.11. The van der Waals surface area contributed by atoms with E-state index in [0.717, 1.165) is 18.8 Å².